The monoisotopic (exact) mass is 1730 g/mol. The number of nitrogens with one attached hydrogen (secondary N) is 3. The van der Waals surface area contributed by atoms with E-state index in [1.807, 2.05) is 36.4 Å². The second-order valence-electron chi connectivity index (χ2n) is 38.1. The average Bonchev–Trinajstić information content (AvgIpc) is 1.73. The number of aryl methyl sites for hydroxylation is 3. The third-order valence-electron chi connectivity index (χ3n) is 26.3. The standard InChI is InChI=1S/3C30H38N6O4S/c3*1-29(2)19-21-7-4-5-8-22-9-6-10-26(31-22)41(38,39)34-28(37)23-11-12-24(32-27(23)35(29)20-21)36-17-13-25(33-36)40-18-16-30(3)14-15-30/h3*6,9-13,17,21H,4-5,7-8,14-16,18-20H2,1-3H3,(H,34,37). The number of pyridine rings is 6. The highest BCUT2D eigenvalue weighted by atomic mass is 32.2. The summed E-state index contributed by atoms with van der Waals surface area (Å²) >= 11 is 0. The zero-order chi connectivity index (χ0) is 86.5. The minimum Gasteiger partial charge on any atom is -0.477 e. The van der Waals surface area contributed by atoms with Gasteiger partial charge in [0, 0.05) is 90.1 Å². The third kappa shape index (κ3) is 20.4. The third-order valence-corrected chi connectivity index (χ3v) is 30.0. The molecule has 654 valence electrons. The molecule has 3 atom stereocenters. The van der Waals surface area contributed by atoms with Gasteiger partial charge in [0.15, 0.2) is 32.5 Å². The van der Waals surface area contributed by atoms with E-state index in [1.54, 1.807) is 87.2 Å². The first-order chi connectivity index (χ1) is 58.5. The van der Waals surface area contributed by atoms with E-state index in [-0.39, 0.29) is 48.4 Å². The lowest BCUT2D eigenvalue weighted by atomic mass is 9.92. The number of carbonyl (C=O) groups excluding carboxylic acids is 3. The van der Waals surface area contributed by atoms with E-state index in [0.29, 0.717) is 143 Å². The number of fused-ring (bicyclic) bond motifs is 18. The Morgan fingerprint density at radius 1 is 0.358 bits per heavy atom. The first kappa shape index (κ1) is 86.1. The van der Waals surface area contributed by atoms with E-state index in [1.165, 1.54) is 56.7 Å². The first-order valence-electron chi connectivity index (χ1n) is 43.6. The first-order valence-corrected chi connectivity index (χ1v) is 48.0. The molecule has 123 heavy (non-hydrogen) atoms. The quantitative estimate of drug-likeness (QED) is 0.0858. The molecule has 6 aliphatic heterocycles. The van der Waals surface area contributed by atoms with Crippen molar-refractivity contribution in [3.05, 3.63) is 162 Å². The maximum atomic E-state index is 13.6. The van der Waals surface area contributed by atoms with Gasteiger partial charge in [0.05, 0.1) is 36.5 Å². The van der Waals surface area contributed by atoms with Crippen LogP contribution in [0.5, 0.6) is 17.6 Å². The van der Waals surface area contributed by atoms with Crippen molar-refractivity contribution >= 4 is 65.2 Å². The van der Waals surface area contributed by atoms with Crippen LogP contribution in [0.1, 0.15) is 245 Å². The van der Waals surface area contributed by atoms with E-state index < -0.39 is 47.8 Å². The highest BCUT2D eigenvalue weighted by Crippen LogP contribution is 2.51. The van der Waals surface area contributed by atoms with Crippen LogP contribution >= 0.6 is 0 Å². The molecule has 9 aromatic heterocycles. The summed E-state index contributed by atoms with van der Waals surface area (Å²) in [6, 6.07) is 30.1. The number of carbonyl (C=O) groups is 3. The van der Waals surface area contributed by atoms with Crippen molar-refractivity contribution in [3.63, 3.8) is 0 Å². The van der Waals surface area contributed by atoms with Gasteiger partial charge in [-0.05, 0) is 283 Å². The van der Waals surface area contributed by atoms with Crippen LogP contribution in [0.25, 0.3) is 17.5 Å². The summed E-state index contributed by atoms with van der Waals surface area (Å²) < 4.78 is 108. The molecule has 0 aromatic carbocycles. The molecule has 3 saturated heterocycles. The molecule has 3 amide bonds. The Labute approximate surface area is 721 Å². The highest BCUT2D eigenvalue weighted by Gasteiger charge is 2.46. The Hall–Kier alpha value is -10.4. The Morgan fingerprint density at radius 3 is 0.902 bits per heavy atom. The number of amides is 3. The summed E-state index contributed by atoms with van der Waals surface area (Å²) in [6.07, 6.45) is 29.7. The minimum absolute atomic E-state index is 0.161. The number of nitrogens with zero attached hydrogens (tertiary/aromatic N) is 15. The molecule has 3 unspecified atom stereocenters. The fourth-order valence-electron chi connectivity index (χ4n) is 18.0. The van der Waals surface area contributed by atoms with Crippen molar-refractivity contribution < 1.29 is 53.8 Å². The molecule has 6 fully saturated rings. The van der Waals surface area contributed by atoms with Crippen LogP contribution in [-0.4, -0.2) is 158 Å². The van der Waals surface area contributed by atoms with Crippen molar-refractivity contribution in [1.82, 2.24) is 73.4 Å². The minimum atomic E-state index is -4.18. The molecular formula is C90H114N18O12S3. The lowest BCUT2D eigenvalue weighted by molar-refractivity contribution is 0.0972. The Balaban J connectivity index is 0.000000137. The van der Waals surface area contributed by atoms with Gasteiger partial charge < -0.3 is 28.9 Å². The van der Waals surface area contributed by atoms with Crippen LogP contribution in [0.4, 0.5) is 17.5 Å². The molecule has 0 radical (unpaired) electrons. The number of anilines is 3. The second-order valence-corrected chi connectivity index (χ2v) is 43.0. The molecule has 15 heterocycles. The van der Waals surface area contributed by atoms with Crippen LogP contribution in [0.3, 0.4) is 0 Å². The van der Waals surface area contributed by atoms with Crippen molar-refractivity contribution in [2.75, 3.05) is 54.2 Å². The van der Waals surface area contributed by atoms with Crippen LogP contribution in [0, 0.1) is 34.0 Å². The van der Waals surface area contributed by atoms with Gasteiger partial charge in [0.25, 0.3) is 47.8 Å². The summed E-state index contributed by atoms with van der Waals surface area (Å²) in [6.45, 7) is 23.8. The van der Waals surface area contributed by atoms with Gasteiger partial charge in [0.1, 0.15) is 17.5 Å². The van der Waals surface area contributed by atoms with E-state index in [4.69, 9.17) is 29.2 Å². The molecule has 3 aliphatic carbocycles. The fourth-order valence-corrected chi connectivity index (χ4v) is 20.8. The molecular weight excluding hydrogens is 1620 g/mol. The largest absolute Gasteiger partial charge is 0.477 e. The maximum Gasteiger partial charge on any atom is 0.281 e. The van der Waals surface area contributed by atoms with Crippen molar-refractivity contribution in [2.45, 2.75) is 248 Å². The van der Waals surface area contributed by atoms with Crippen LogP contribution in [-0.2, 0) is 49.3 Å². The van der Waals surface area contributed by atoms with E-state index in [2.05, 4.69) is 121 Å². The normalized spacial score (nSPS) is 22.7. The van der Waals surface area contributed by atoms with Gasteiger partial charge in [-0.15, -0.1) is 15.3 Å². The zero-order valence-corrected chi connectivity index (χ0v) is 74.4. The Kier molecular flexibility index (Phi) is 24.0. The number of hydrogen-bond donors (Lipinski definition) is 3. The number of sulfonamides is 3. The molecule has 9 aliphatic rings. The summed E-state index contributed by atoms with van der Waals surface area (Å²) in [7, 11) is -12.5. The van der Waals surface area contributed by atoms with Crippen molar-refractivity contribution in [2.24, 2.45) is 34.0 Å². The number of hydrogen-bond acceptors (Lipinski definition) is 24. The maximum absolute atomic E-state index is 13.6. The molecule has 3 saturated carbocycles. The van der Waals surface area contributed by atoms with E-state index in [0.717, 1.165) is 116 Å². The number of ether oxygens (including phenoxy) is 3. The van der Waals surface area contributed by atoms with E-state index in [9.17, 15) is 39.6 Å². The van der Waals surface area contributed by atoms with Gasteiger partial charge in [-0.25, -0.2) is 58.1 Å². The van der Waals surface area contributed by atoms with Crippen LogP contribution in [0.15, 0.2) is 143 Å². The zero-order valence-electron chi connectivity index (χ0n) is 71.9. The summed E-state index contributed by atoms with van der Waals surface area (Å²) in [5.41, 5.74) is 3.09. The number of rotatable bonds is 15. The van der Waals surface area contributed by atoms with Gasteiger partial charge in [-0.1, -0.05) is 58.2 Å². The number of aromatic nitrogens is 12. The lowest BCUT2D eigenvalue weighted by Gasteiger charge is -2.34. The predicted molar refractivity (Wildman–Crippen MR) is 464 cm³/mol. The SMILES string of the molecule is CC1(CCOc2ccn(-c3ccc4c(n3)N3CC(CCCCc5cccc(n5)S(=O)(=O)NC4=O)CC3(C)C)n2)CC1.CC1(CCOc2ccn(-c3ccc4c(n3)N3CC(CCCCc5cccc(n5)S(=O)(=O)NC4=O)CC3(C)C)n2)CC1.CC1(CCOc2ccn(-c3ccc4c(n3)N3CC(CCCCc5cccc(n5)S(=O)(=O)NC4=O)CC3(C)C)n2)CC1. The average molecular weight is 1740 g/mol. The molecule has 18 rings (SSSR count). The molecule has 0 spiro atoms. The fraction of sp³-hybridized carbons (Fsp3) is 0.533. The Morgan fingerprint density at radius 2 is 0.634 bits per heavy atom. The van der Waals surface area contributed by atoms with Crippen molar-refractivity contribution in [3.8, 4) is 35.1 Å². The van der Waals surface area contributed by atoms with Gasteiger partial charge in [-0.3, -0.25) is 14.4 Å². The molecule has 30 nitrogen and oxygen atoms in total. The second kappa shape index (κ2) is 34.3. The molecule has 33 heteroatoms. The van der Waals surface area contributed by atoms with Crippen molar-refractivity contribution in [1.29, 1.82) is 0 Å². The van der Waals surface area contributed by atoms with Gasteiger partial charge in [0.2, 0.25) is 17.6 Å². The summed E-state index contributed by atoms with van der Waals surface area (Å²) in [4.78, 5) is 74.9. The summed E-state index contributed by atoms with van der Waals surface area (Å²) in [5.74, 6) is 3.53. The molecule has 3 N–H and O–H groups in total. The van der Waals surface area contributed by atoms with Crippen LogP contribution in [0.2, 0.25) is 0 Å². The smallest absolute Gasteiger partial charge is 0.281 e. The highest BCUT2D eigenvalue weighted by molar-refractivity contribution is 7.90. The lowest BCUT2D eigenvalue weighted by Crippen LogP contribution is -2.41. The molecule has 12 bridgehead atoms. The van der Waals surface area contributed by atoms with Gasteiger partial charge >= 0.3 is 0 Å². The van der Waals surface area contributed by atoms with Crippen LogP contribution < -0.4 is 43.1 Å². The van der Waals surface area contributed by atoms with Gasteiger partial charge in [-0.2, -0.15) is 25.3 Å². The Bertz CT molecular complexity index is 5240. The molecule has 9 aromatic rings. The van der Waals surface area contributed by atoms with E-state index >= 15 is 0 Å². The summed E-state index contributed by atoms with van der Waals surface area (Å²) in [5, 5.41) is 13.2. The predicted octanol–water partition coefficient (Wildman–Crippen LogP) is 14.0. The topological polar surface area (TPSA) is 358 Å².